The Labute approximate surface area is 116 Å². The van der Waals surface area contributed by atoms with E-state index < -0.39 is 6.10 Å². The Bertz CT molecular complexity index is 531. The molecular weight excluding hydrogens is 263 g/mol. The smallest absolute Gasteiger partial charge is 0.124 e. The zero-order chi connectivity index (χ0) is 13.7. The maximum absolute atomic E-state index is 13.2. The van der Waals surface area contributed by atoms with Crippen molar-refractivity contribution < 1.29 is 14.2 Å². The van der Waals surface area contributed by atoms with Crippen LogP contribution in [0.15, 0.2) is 53.4 Å². The predicted molar refractivity (Wildman–Crippen MR) is 75.1 cm³/mol. The van der Waals surface area contributed by atoms with Gasteiger partial charge in [-0.1, -0.05) is 18.2 Å². The van der Waals surface area contributed by atoms with Crippen LogP contribution in [0.25, 0.3) is 0 Å². The van der Waals surface area contributed by atoms with Gasteiger partial charge < -0.3 is 9.84 Å². The van der Waals surface area contributed by atoms with E-state index in [1.165, 1.54) is 37.1 Å². The highest BCUT2D eigenvalue weighted by Crippen LogP contribution is 2.30. The van der Waals surface area contributed by atoms with Crippen molar-refractivity contribution in [2.24, 2.45) is 0 Å². The first kappa shape index (κ1) is 13.9. The van der Waals surface area contributed by atoms with E-state index >= 15 is 0 Å². The van der Waals surface area contributed by atoms with E-state index in [2.05, 4.69) is 0 Å². The Morgan fingerprint density at radius 2 is 1.95 bits per heavy atom. The molecule has 1 N–H and O–H groups in total. The predicted octanol–water partition coefficient (Wildman–Crippen LogP) is 3.66. The number of thioether (sulfide) groups is 1. The highest BCUT2D eigenvalue weighted by Gasteiger charge is 2.14. The van der Waals surface area contributed by atoms with Crippen LogP contribution in [0.1, 0.15) is 11.7 Å². The molecule has 4 heteroatoms. The Kier molecular flexibility index (Phi) is 4.82. The molecule has 2 aromatic rings. The van der Waals surface area contributed by atoms with Crippen molar-refractivity contribution >= 4 is 11.8 Å². The van der Waals surface area contributed by atoms with E-state index in [0.29, 0.717) is 17.1 Å². The maximum Gasteiger partial charge on any atom is 0.124 e. The molecule has 0 aliphatic heterocycles. The van der Waals surface area contributed by atoms with E-state index in [0.717, 1.165) is 4.90 Å². The van der Waals surface area contributed by atoms with Crippen LogP contribution in [0, 0.1) is 5.82 Å². The van der Waals surface area contributed by atoms with Crippen LogP contribution in [-0.2, 0) is 0 Å². The molecule has 0 amide bonds. The van der Waals surface area contributed by atoms with Crippen LogP contribution < -0.4 is 4.74 Å². The summed E-state index contributed by atoms with van der Waals surface area (Å²) in [7, 11) is 1.51. The summed E-state index contributed by atoms with van der Waals surface area (Å²) in [6.07, 6.45) is -0.768. The molecular formula is C15H15FO2S. The minimum atomic E-state index is -0.768. The molecule has 0 aromatic heterocycles. The Morgan fingerprint density at radius 3 is 2.63 bits per heavy atom. The Morgan fingerprint density at radius 1 is 1.21 bits per heavy atom. The van der Waals surface area contributed by atoms with Crippen LogP contribution in [0.5, 0.6) is 5.75 Å². The van der Waals surface area contributed by atoms with Gasteiger partial charge >= 0.3 is 0 Å². The average Bonchev–Trinajstić information content (AvgIpc) is 2.46. The molecule has 19 heavy (non-hydrogen) atoms. The summed E-state index contributed by atoms with van der Waals surface area (Å²) in [5.74, 6) is 0.575. The number of rotatable bonds is 5. The normalized spacial score (nSPS) is 12.2. The van der Waals surface area contributed by atoms with Crippen LogP contribution in [0.3, 0.4) is 0 Å². The van der Waals surface area contributed by atoms with E-state index in [1.54, 1.807) is 0 Å². The molecule has 100 valence electrons. The van der Waals surface area contributed by atoms with Gasteiger partial charge in [-0.3, -0.25) is 0 Å². The molecule has 0 saturated carbocycles. The van der Waals surface area contributed by atoms with E-state index in [-0.39, 0.29) is 5.82 Å². The minimum Gasteiger partial charge on any atom is -0.496 e. The third-order valence-corrected chi connectivity index (χ3v) is 3.79. The number of hydrogen-bond acceptors (Lipinski definition) is 3. The lowest BCUT2D eigenvalue weighted by Crippen LogP contribution is -2.04. The molecule has 1 atom stereocenters. The van der Waals surface area contributed by atoms with E-state index in [1.807, 2.05) is 30.3 Å². The monoisotopic (exact) mass is 278 g/mol. The molecule has 0 heterocycles. The second-order valence-corrected chi connectivity index (χ2v) is 5.12. The summed E-state index contributed by atoms with van der Waals surface area (Å²) in [6.45, 7) is 0. The third kappa shape index (κ3) is 3.72. The van der Waals surface area contributed by atoms with Crippen molar-refractivity contribution in [1.29, 1.82) is 0 Å². The average molecular weight is 278 g/mol. The van der Waals surface area contributed by atoms with Gasteiger partial charge in [-0.15, -0.1) is 11.8 Å². The number of methoxy groups -OCH3 is 1. The van der Waals surface area contributed by atoms with Crippen molar-refractivity contribution in [2.75, 3.05) is 12.9 Å². The number of ether oxygens (including phenoxy) is 1. The highest BCUT2D eigenvalue weighted by atomic mass is 32.2. The van der Waals surface area contributed by atoms with Crippen molar-refractivity contribution in [3.63, 3.8) is 0 Å². The SMILES string of the molecule is COc1ccc(F)cc1C(O)CSc1ccccc1. The number of benzene rings is 2. The lowest BCUT2D eigenvalue weighted by molar-refractivity contribution is 0.198. The molecule has 2 nitrogen and oxygen atoms in total. The van der Waals surface area contributed by atoms with Crippen molar-refractivity contribution in [3.05, 3.63) is 59.9 Å². The minimum absolute atomic E-state index is 0.375. The van der Waals surface area contributed by atoms with Gasteiger partial charge in [-0.05, 0) is 30.3 Å². The summed E-state index contributed by atoms with van der Waals surface area (Å²) in [6, 6.07) is 13.9. The second kappa shape index (κ2) is 6.59. The molecule has 0 bridgehead atoms. The lowest BCUT2D eigenvalue weighted by Gasteiger charge is -2.14. The van der Waals surface area contributed by atoms with Gasteiger partial charge in [0.05, 0.1) is 13.2 Å². The first-order valence-electron chi connectivity index (χ1n) is 5.90. The quantitative estimate of drug-likeness (QED) is 0.846. The van der Waals surface area contributed by atoms with Crippen LogP contribution >= 0.6 is 11.8 Å². The molecule has 2 rings (SSSR count). The maximum atomic E-state index is 13.2. The number of aliphatic hydroxyl groups is 1. The molecule has 1 unspecified atom stereocenters. The standard InChI is InChI=1S/C15H15FO2S/c1-18-15-8-7-11(16)9-13(15)14(17)10-19-12-5-3-2-4-6-12/h2-9,14,17H,10H2,1H3. The summed E-state index contributed by atoms with van der Waals surface area (Å²) in [4.78, 5) is 1.07. The van der Waals surface area contributed by atoms with E-state index in [4.69, 9.17) is 4.74 Å². The highest BCUT2D eigenvalue weighted by molar-refractivity contribution is 7.99. The lowest BCUT2D eigenvalue weighted by atomic mass is 10.1. The summed E-state index contributed by atoms with van der Waals surface area (Å²) in [5.41, 5.74) is 0.478. The molecule has 0 aliphatic carbocycles. The summed E-state index contributed by atoms with van der Waals surface area (Å²) >= 11 is 1.52. The van der Waals surface area contributed by atoms with Gasteiger partial charge in [-0.25, -0.2) is 4.39 Å². The number of halogens is 1. The fraction of sp³-hybridized carbons (Fsp3) is 0.200. The molecule has 0 radical (unpaired) electrons. The third-order valence-electron chi connectivity index (χ3n) is 2.70. The molecule has 2 aromatic carbocycles. The van der Waals surface area contributed by atoms with E-state index in [9.17, 15) is 9.50 Å². The van der Waals surface area contributed by atoms with Crippen molar-refractivity contribution in [1.82, 2.24) is 0 Å². The zero-order valence-electron chi connectivity index (χ0n) is 10.5. The van der Waals surface area contributed by atoms with Crippen LogP contribution in [0.2, 0.25) is 0 Å². The molecule has 0 fully saturated rings. The Balaban J connectivity index is 2.07. The van der Waals surface area contributed by atoms with Crippen molar-refractivity contribution in [3.8, 4) is 5.75 Å². The van der Waals surface area contributed by atoms with Crippen LogP contribution in [0.4, 0.5) is 4.39 Å². The van der Waals surface area contributed by atoms with Gasteiger partial charge in [0.25, 0.3) is 0 Å². The summed E-state index contributed by atoms with van der Waals surface area (Å²) < 4.78 is 18.4. The van der Waals surface area contributed by atoms with Gasteiger partial charge in [0.2, 0.25) is 0 Å². The molecule has 0 spiro atoms. The largest absolute Gasteiger partial charge is 0.496 e. The number of hydrogen-bond donors (Lipinski definition) is 1. The zero-order valence-corrected chi connectivity index (χ0v) is 11.4. The van der Waals surface area contributed by atoms with Crippen molar-refractivity contribution in [2.45, 2.75) is 11.0 Å². The van der Waals surface area contributed by atoms with Crippen LogP contribution in [-0.4, -0.2) is 18.0 Å². The van der Waals surface area contributed by atoms with Gasteiger partial charge in [-0.2, -0.15) is 0 Å². The Hall–Kier alpha value is -1.52. The topological polar surface area (TPSA) is 29.5 Å². The van der Waals surface area contributed by atoms with Gasteiger partial charge in [0.1, 0.15) is 11.6 Å². The first-order valence-corrected chi connectivity index (χ1v) is 6.88. The fourth-order valence-electron chi connectivity index (χ4n) is 1.75. The fourth-order valence-corrected chi connectivity index (χ4v) is 2.63. The molecule has 0 aliphatic rings. The summed E-state index contributed by atoms with van der Waals surface area (Å²) in [5, 5.41) is 10.2. The second-order valence-electron chi connectivity index (χ2n) is 4.03. The number of aliphatic hydroxyl groups excluding tert-OH is 1. The first-order chi connectivity index (χ1) is 9.20. The van der Waals surface area contributed by atoms with Gasteiger partial charge in [0, 0.05) is 16.2 Å². The van der Waals surface area contributed by atoms with Gasteiger partial charge in [0.15, 0.2) is 0 Å². The molecule has 0 saturated heterocycles.